The maximum absolute atomic E-state index is 3.62. The molecule has 1 fully saturated rings. The molecule has 0 amide bonds. The van der Waals surface area contributed by atoms with Gasteiger partial charge in [0.25, 0.3) is 0 Å². The molecule has 0 heterocycles. The van der Waals surface area contributed by atoms with Crippen LogP contribution in [0, 0.1) is 5.41 Å². The Hall–Kier alpha value is 0.140. The van der Waals surface area contributed by atoms with Crippen molar-refractivity contribution in [2.24, 2.45) is 5.41 Å². The van der Waals surface area contributed by atoms with Gasteiger partial charge in [-0.15, -0.1) is 0 Å². The van der Waals surface area contributed by atoms with Crippen molar-refractivity contribution in [1.82, 2.24) is 4.90 Å². The SMILES string of the molecule is CN(Cc1cccc(Br)c1)CC1(CBr)CC1. The van der Waals surface area contributed by atoms with Crippen LogP contribution in [0.3, 0.4) is 0 Å². The van der Waals surface area contributed by atoms with Crippen molar-refractivity contribution >= 4 is 31.9 Å². The molecule has 1 aromatic carbocycles. The Morgan fingerprint density at radius 1 is 1.38 bits per heavy atom. The number of benzene rings is 1. The molecule has 0 aromatic heterocycles. The molecule has 0 unspecified atom stereocenters. The third-order valence-electron chi connectivity index (χ3n) is 3.19. The molecule has 0 bridgehead atoms. The van der Waals surface area contributed by atoms with Gasteiger partial charge < -0.3 is 4.90 Å². The molecule has 1 aliphatic rings. The van der Waals surface area contributed by atoms with E-state index in [1.165, 1.54) is 29.4 Å². The number of hydrogen-bond acceptors (Lipinski definition) is 1. The molecular formula is C13H17Br2N. The van der Waals surface area contributed by atoms with Gasteiger partial charge in [0.2, 0.25) is 0 Å². The van der Waals surface area contributed by atoms with Crippen LogP contribution in [-0.4, -0.2) is 23.8 Å². The van der Waals surface area contributed by atoms with Gasteiger partial charge in [-0.05, 0) is 43.0 Å². The van der Waals surface area contributed by atoms with Crippen LogP contribution in [0.1, 0.15) is 18.4 Å². The van der Waals surface area contributed by atoms with E-state index in [0.29, 0.717) is 5.41 Å². The summed E-state index contributed by atoms with van der Waals surface area (Å²) in [6, 6.07) is 8.56. The highest BCUT2D eigenvalue weighted by Gasteiger charge is 2.41. The summed E-state index contributed by atoms with van der Waals surface area (Å²) in [5.74, 6) is 0. The van der Waals surface area contributed by atoms with Crippen molar-refractivity contribution in [2.75, 3.05) is 18.9 Å². The molecule has 1 aromatic rings. The summed E-state index contributed by atoms with van der Waals surface area (Å²) in [6.45, 7) is 2.24. The van der Waals surface area contributed by atoms with Crippen molar-refractivity contribution in [1.29, 1.82) is 0 Å². The summed E-state index contributed by atoms with van der Waals surface area (Å²) in [7, 11) is 2.21. The molecule has 0 aliphatic heterocycles. The molecule has 0 N–H and O–H groups in total. The van der Waals surface area contributed by atoms with Crippen LogP contribution in [0.5, 0.6) is 0 Å². The van der Waals surface area contributed by atoms with Gasteiger partial charge in [-0.1, -0.05) is 44.0 Å². The minimum absolute atomic E-state index is 0.570. The van der Waals surface area contributed by atoms with Crippen molar-refractivity contribution in [2.45, 2.75) is 19.4 Å². The molecule has 1 nitrogen and oxygen atoms in total. The summed E-state index contributed by atoms with van der Waals surface area (Å²) < 4.78 is 1.17. The van der Waals surface area contributed by atoms with Crippen LogP contribution >= 0.6 is 31.9 Å². The molecule has 88 valence electrons. The molecule has 0 atom stereocenters. The van der Waals surface area contributed by atoms with E-state index < -0.39 is 0 Å². The van der Waals surface area contributed by atoms with Crippen LogP contribution < -0.4 is 0 Å². The highest BCUT2D eigenvalue weighted by Crippen LogP contribution is 2.47. The van der Waals surface area contributed by atoms with Crippen molar-refractivity contribution in [3.05, 3.63) is 34.3 Å². The normalized spacial score (nSPS) is 17.8. The fourth-order valence-electron chi connectivity index (χ4n) is 2.09. The molecule has 0 saturated heterocycles. The van der Waals surface area contributed by atoms with Crippen molar-refractivity contribution in [3.8, 4) is 0 Å². The lowest BCUT2D eigenvalue weighted by Gasteiger charge is -2.22. The maximum Gasteiger partial charge on any atom is 0.0231 e. The Bertz CT molecular complexity index is 361. The Morgan fingerprint density at radius 2 is 2.12 bits per heavy atom. The highest BCUT2D eigenvalue weighted by atomic mass is 79.9. The smallest absolute Gasteiger partial charge is 0.0231 e. The Balaban J connectivity index is 1.89. The van der Waals surface area contributed by atoms with Gasteiger partial charge in [0.05, 0.1) is 0 Å². The van der Waals surface area contributed by atoms with Crippen molar-refractivity contribution in [3.63, 3.8) is 0 Å². The molecule has 1 saturated carbocycles. The standard InChI is InChI=1S/C13H17Br2N/c1-16(10-13(9-14)5-6-13)8-11-3-2-4-12(15)7-11/h2-4,7H,5-6,8-10H2,1H3. The molecule has 1 aliphatic carbocycles. The van der Waals surface area contributed by atoms with E-state index in [2.05, 4.69) is 68.1 Å². The van der Waals surface area contributed by atoms with Gasteiger partial charge >= 0.3 is 0 Å². The zero-order chi connectivity index (χ0) is 11.6. The fourth-order valence-corrected chi connectivity index (χ4v) is 3.27. The van der Waals surface area contributed by atoms with Gasteiger partial charge in [0.15, 0.2) is 0 Å². The largest absolute Gasteiger partial charge is 0.302 e. The van der Waals surface area contributed by atoms with E-state index >= 15 is 0 Å². The van der Waals surface area contributed by atoms with Crippen LogP contribution in [0.25, 0.3) is 0 Å². The first-order chi connectivity index (χ1) is 7.63. The molecule has 3 heteroatoms. The van der Waals surface area contributed by atoms with E-state index in [1.807, 2.05) is 0 Å². The lowest BCUT2D eigenvalue weighted by atomic mass is 10.1. The van der Waals surface area contributed by atoms with E-state index in [0.717, 1.165) is 11.9 Å². The average molecular weight is 347 g/mol. The van der Waals surface area contributed by atoms with Crippen molar-refractivity contribution < 1.29 is 0 Å². The third kappa shape index (κ3) is 3.31. The predicted octanol–water partition coefficient (Wildman–Crippen LogP) is 4.06. The van der Waals surface area contributed by atoms with Crippen LogP contribution in [-0.2, 0) is 6.54 Å². The topological polar surface area (TPSA) is 3.24 Å². The number of halogens is 2. The van der Waals surface area contributed by atoms with Gasteiger partial charge in [-0.2, -0.15) is 0 Å². The zero-order valence-corrected chi connectivity index (χ0v) is 12.7. The van der Waals surface area contributed by atoms with Gasteiger partial charge in [-0.25, -0.2) is 0 Å². The van der Waals surface area contributed by atoms with E-state index in [4.69, 9.17) is 0 Å². The number of nitrogens with zero attached hydrogens (tertiary/aromatic N) is 1. The molecule has 2 rings (SSSR count). The molecule has 0 spiro atoms. The number of hydrogen-bond donors (Lipinski definition) is 0. The first kappa shape index (κ1) is 12.6. The maximum atomic E-state index is 3.62. The van der Waals surface area contributed by atoms with Gasteiger partial charge in [-0.3, -0.25) is 0 Å². The fraction of sp³-hybridized carbons (Fsp3) is 0.538. The van der Waals surface area contributed by atoms with Crippen LogP contribution in [0.4, 0.5) is 0 Å². The average Bonchev–Trinajstić information content (AvgIpc) is 2.98. The quantitative estimate of drug-likeness (QED) is 0.727. The summed E-state index contributed by atoms with van der Waals surface area (Å²) in [5, 5.41) is 1.14. The summed E-state index contributed by atoms with van der Waals surface area (Å²) >= 11 is 7.14. The Labute approximate surface area is 114 Å². The first-order valence-corrected chi connectivity index (χ1v) is 7.54. The minimum atomic E-state index is 0.570. The second-order valence-corrected chi connectivity index (χ2v) is 6.41. The monoisotopic (exact) mass is 345 g/mol. The number of rotatable bonds is 5. The Morgan fingerprint density at radius 3 is 2.69 bits per heavy atom. The zero-order valence-electron chi connectivity index (χ0n) is 9.55. The highest BCUT2D eigenvalue weighted by molar-refractivity contribution is 9.10. The second kappa shape index (κ2) is 5.19. The summed E-state index contributed by atoms with van der Waals surface area (Å²) in [6.07, 6.45) is 2.75. The van der Waals surface area contributed by atoms with Gasteiger partial charge in [0, 0.05) is 22.9 Å². The van der Waals surface area contributed by atoms with E-state index in [-0.39, 0.29) is 0 Å². The lowest BCUT2D eigenvalue weighted by molar-refractivity contribution is 0.271. The molecule has 0 radical (unpaired) electrons. The van der Waals surface area contributed by atoms with Crippen LogP contribution in [0.2, 0.25) is 0 Å². The van der Waals surface area contributed by atoms with Gasteiger partial charge in [0.1, 0.15) is 0 Å². The second-order valence-electron chi connectivity index (χ2n) is 4.94. The predicted molar refractivity (Wildman–Crippen MR) is 75.9 cm³/mol. The van der Waals surface area contributed by atoms with E-state index in [1.54, 1.807) is 0 Å². The van der Waals surface area contributed by atoms with Crippen LogP contribution in [0.15, 0.2) is 28.7 Å². The summed E-state index contributed by atoms with van der Waals surface area (Å²) in [4.78, 5) is 2.43. The van der Waals surface area contributed by atoms with E-state index in [9.17, 15) is 0 Å². The molecular weight excluding hydrogens is 330 g/mol. The minimum Gasteiger partial charge on any atom is -0.302 e. The first-order valence-electron chi connectivity index (χ1n) is 5.63. The Kier molecular flexibility index (Phi) is 4.09. The lowest BCUT2D eigenvalue weighted by Crippen LogP contribution is -2.27. The molecule has 16 heavy (non-hydrogen) atoms. The third-order valence-corrected chi connectivity index (χ3v) is 4.87. The summed E-state index contributed by atoms with van der Waals surface area (Å²) in [5.41, 5.74) is 1.95. The number of alkyl halides is 1.